The Bertz CT molecular complexity index is 1510. The Kier molecular flexibility index (Phi) is 5.53. The number of rotatable bonds is 5. The van der Waals surface area contributed by atoms with Gasteiger partial charge >= 0.3 is 0 Å². The second-order valence-electron chi connectivity index (χ2n) is 6.92. The topological polar surface area (TPSA) is 140 Å². The predicted octanol–water partition coefficient (Wildman–Crippen LogP) is 4.15. The van der Waals surface area contributed by atoms with Crippen molar-refractivity contribution in [1.29, 1.82) is 0 Å². The first-order chi connectivity index (χ1) is 16.5. The standard InChI is InChI=1S/C21H13N7O4S2/c29-18(17-9-8-16(32-17)13-2-1-3-15(10-13)28(30)31)24-20(33)23-14-6-4-12(5-7-14)19-26-27-11-22-25-21(27)34-19/h1-11H,(H2,23,24,29,33). The summed E-state index contributed by atoms with van der Waals surface area (Å²) in [6, 6.07) is 16.4. The Morgan fingerprint density at radius 3 is 2.71 bits per heavy atom. The minimum absolute atomic E-state index is 0.0178. The Morgan fingerprint density at radius 1 is 1.12 bits per heavy atom. The quantitative estimate of drug-likeness (QED) is 0.211. The number of carbonyl (C=O) groups is 1. The van der Waals surface area contributed by atoms with Crippen LogP contribution in [0.1, 0.15) is 10.6 Å². The van der Waals surface area contributed by atoms with Crippen molar-refractivity contribution in [3.63, 3.8) is 0 Å². The van der Waals surface area contributed by atoms with Crippen LogP contribution in [-0.4, -0.2) is 35.8 Å². The van der Waals surface area contributed by atoms with Crippen LogP contribution in [0, 0.1) is 10.1 Å². The van der Waals surface area contributed by atoms with Crippen LogP contribution in [0.25, 0.3) is 26.9 Å². The first-order valence-electron chi connectivity index (χ1n) is 9.70. The Labute approximate surface area is 200 Å². The molecule has 3 heterocycles. The molecule has 13 heteroatoms. The number of hydrogen-bond acceptors (Lipinski definition) is 9. The van der Waals surface area contributed by atoms with Crippen molar-refractivity contribution in [2.24, 2.45) is 0 Å². The van der Waals surface area contributed by atoms with E-state index in [-0.39, 0.29) is 16.6 Å². The number of non-ortho nitro benzene ring substituents is 1. The van der Waals surface area contributed by atoms with E-state index in [4.69, 9.17) is 16.6 Å². The van der Waals surface area contributed by atoms with Gasteiger partial charge in [0.05, 0.1) is 4.92 Å². The zero-order chi connectivity index (χ0) is 23.7. The molecule has 5 rings (SSSR count). The number of furan rings is 1. The van der Waals surface area contributed by atoms with Crippen LogP contribution in [0.3, 0.4) is 0 Å². The Balaban J connectivity index is 1.22. The largest absolute Gasteiger partial charge is 0.451 e. The highest BCUT2D eigenvalue weighted by Crippen LogP contribution is 2.27. The Hall–Kier alpha value is -4.49. The molecule has 1 amide bonds. The lowest BCUT2D eigenvalue weighted by atomic mass is 10.1. The number of nitro benzene ring substituents is 1. The molecule has 0 bridgehead atoms. The number of thiocarbonyl (C=S) groups is 1. The fraction of sp³-hybridized carbons (Fsp3) is 0. The number of carbonyl (C=O) groups excluding carboxylic acids is 1. The summed E-state index contributed by atoms with van der Waals surface area (Å²) >= 11 is 6.64. The van der Waals surface area contributed by atoms with Gasteiger partial charge in [-0.05, 0) is 48.6 Å². The molecule has 2 N–H and O–H groups in total. The van der Waals surface area contributed by atoms with Gasteiger partial charge in [-0.1, -0.05) is 23.5 Å². The average Bonchev–Trinajstić information content (AvgIpc) is 3.56. The summed E-state index contributed by atoms with van der Waals surface area (Å²) in [6.45, 7) is 0. The van der Waals surface area contributed by atoms with Crippen LogP contribution in [0.15, 0.2) is 71.4 Å². The number of hydrogen-bond donors (Lipinski definition) is 2. The second-order valence-corrected chi connectivity index (χ2v) is 8.29. The first kappa shape index (κ1) is 21.4. The van der Waals surface area contributed by atoms with Crippen LogP contribution < -0.4 is 10.6 Å². The van der Waals surface area contributed by atoms with Gasteiger partial charge in [0, 0.05) is 28.9 Å². The lowest BCUT2D eigenvalue weighted by molar-refractivity contribution is -0.384. The number of fused-ring (bicyclic) bond motifs is 1. The van der Waals surface area contributed by atoms with Crippen molar-refractivity contribution in [2.45, 2.75) is 0 Å². The van der Waals surface area contributed by atoms with Crippen LogP contribution in [0.2, 0.25) is 0 Å². The van der Waals surface area contributed by atoms with E-state index in [2.05, 4.69) is 25.9 Å². The normalized spacial score (nSPS) is 10.8. The molecule has 0 fully saturated rings. The molecule has 0 aliphatic rings. The van der Waals surface area contributed by atoms with E-state index in [9.17, 15) is 14.9 Å². The summed E-state index contributed by atoms with van der Waals surface area (Å²) < 4.78 is 7.17. The molecule has 2 aromatic carbocycles. The maximum atomic E-state index is 12.5. The zero-order valence-corrected chi connectivity index (χ0v) is 18.7. The summed E-state index contributed by atoms with van der Waals surface area (Å²) in [5.41, 5.74) is 1.99. The monoisotopic (exact) mass is 491 g/mol. The van der Waals surface area contributed by atoms with E-state index in [1.165, 1.54) is 35.9 Å². The highest BCUT2D eigenvalue weighted by molar-refractivity contribution is 7.80. The Morgan fingerprint density at radius 2 is 1.94 bits per heavy atom. The number of nitrogens with one attached hydrogen (secondary N) is 2. The molecule has 0 atom stereocenters. The molecule has 0 radical (unpaired) electrons. The maximum absolute atomic E-state index is 12.5. The molecular weight excluding hydrogens is 478 g/mol. The van der Waals surface area contributed by atoms with Crippen molar-refractivity contribution >= 4 is 50.9 Å². The third kappa shape index (κ3) is 4.37. The summed E-state index contributed by atoms with van der Waals surface area (Å²) in [6.07, 6.45) is 1.54. The fourth-order valence-electron chi connectivity index (χ4n) is 3.09. The van der Waals surface area contributed by atoms with Crippen molar-refractivity contribution in [3.8, 4) is 21.9 Å². The average molecular weight is 492 g/mol. The first-order valence-corrected chi connectivity index (χ1v) is 10.9. The van der Waals surface area contributed by atoms with Crippen molar-refractivity contribution < 1.29 is 14.1 Å². The number of nitro groups is 1. The van der Waals surface area contributed by atoms with Crippen molar-refractivity contribution in [3.05, 3.63) is 82.9 Å². The number of aromatic nitrogens is 4. The van der Waals surface area contributed by atoms with Crippen LogP contribution in [0.4, 0.5) is 11.4 Å². The highest BCUT2D eigenvalue weighted by atomic mass is 32.1. The lowest BCUT2D eigenvalue weighted by Crippen LogP contribution is -2.33. The van der Waals surface area contributed by atoms with E-state index in [1.54, 1.807) is 22.7 Å². The van der Waals surface area contributed by atoms with E-state index < -0.39 is 10.8 Å². The highest BCUT2D eigenvalue weighted by Gasteiger charge is 2.16. The number of amides is 1. The van der Waals surface area contributed by atoms with E-state index in [1.807, 2.05) is 24.3 Å². The molecule has 3 aromatic heterocycles. The number of nitrogens with zero attached hydrogens (tertiary/aromatic N) is 5. The summed E-state index contributed by atoms with van der Waals surface area (Å²) in [4.78, 5) is 23.7. The van der Waals surface area contributed by atoms with Gasteiger partial charge in [-0.2, -0.15) is 9.61 Å². The van der Waals surface area contributed by atoms with Gasteiger partial charge in [0.15, 0.2) is 10.9 Å². The predicted molar refractivity (Wildman–Crippen MR) is 129 cm³/mol. The number of anilines is 1. The van der Waals surface area contributed by atoms with Gasteiger partial charge in [0.25, 0.3) is 11.6 Å². The fourth-order valence-corrected chi connectivity index (χ4v) is 4.12. The van der Waals surface area contributed by atoms with Gasteiger partial charge < -0.3 is 9.73 Å². The second kappa shape index (κ2) is 8.80. The van der Waals surface area contributed by atoms with Crippen LogP contribution in [0.5, 0.6) is 0 Å². The van der Waals surface area contributed by atoms with E-state index >= 15 is 0 Å². The summed E-state index contributed by atoms with van der Waals surface area (Å²) in [5, 5.41) is 29.5. The van der Waals surface area contributed by atoms with Gasteiger partial charge in [0.1, 0.15) is 17.1 Å². The molecule has 0 saturated carbocycles. The molecule has 0 spiro atoms. The molecule has 0 unspecified atom stereocenters. The SMILES string of the molecule is O=C(NC(=S)Nc1ccc(-c2nn3cnnc3s2)cc1)c1ccc(-c2cccc([N+](=O)[O-])c2)o1. The maximum Gasteiger partial charge on any atom is 0.293 e. The van der Waals surface area contributed by atoms with Crippen molar-refractivity contribution in [2.75, 3.05) is 5.32 Å². The van der Waals surface area contributed by atoms with E-state index in [0.717, 1.165) is 10.6 Å². The molecule has 5 aromatic rings. The molecule has 0 saturated heterocycles. The molecule has 168 valence electrons. The molecule has 0 aliphatic carbocycles. The molecule has 0 aliphatic heterocycles. The molecular formula is C21H13N7O4S2. The van der Waals surface area contributed by atoms with Crippen LogP contribution >= 0.6 is 23.6 Å². The summed E-state index contributed by atoms with van der Waals surface area (Å²) in [7, 11) is 0. The van der Waals surface area contributed by atoms with Crippen LogP contribution in [-0.2, 0) is 0 Å². The van der Waals surface area contributed by atoms with Gasteiger partial charge in [-0.15, -0.1) is 10.2 Å². The van der Waals surface area contributed by atoms with Gasteiger partial charge in [-0.25, -0.2) is 0 Å². The molecule has 34 heavy (non-hydrogen) atoms. The van der Waals surface area contributed by atoms with Gasteiger partial charge in [0.2, 0.25) is 4.96 Å². The zero-order valence-electron chi connectivity index (χ0n) is 17.0. The lowest BCUT2D eigenvalue weighted by Gasteiger charge is -2.09. The van der Waals surface area contributed by atoms with Gasteiger partial charge in [-0.3, -0.25) is 20.2 Å². The third-order valence-corrected chi connectivity index (χ3v) is 5.84. The number of benzene rings is 2. The summed E-state index contributed by atoms with van der Waals surface area (Å²) in [5.74, 6) is -0.205. The molecule has 11 nitrogen and oxygen atoms in total. The van der Waals surface area contributed by atoms with Crippen molar-refractivity contribution in [1.82, 2.24) is 25.1 Å². The minimum atomic E-state index is -0.550. The third-order valence-electron chi connectivity index (χ3n) is 4.67. The smallest absolute Gasteiger partial charge is 0.293 e. The minimum Gasteiger partial charge on any atom is -0.451 e. The van der Waals surface area contributed by atoms with E-state index in [0.29, 0.717) is 22.0 Å².